The molecule has 1 aromatic carbocycles. The lowest BCUT2D eigenvalue weighted by molar-refractivity contribution is 0.0923. The largest absolute Gasteiger partial charge is 0.294 e. The maximum atomic E-state index is 12.8. The molecular weight excluding hydrogens is 259 g/mol. The van der Waals surface area contributed by atoms with Gasteiger partial charge in [0.25, 0.3) is 0 Å². The van der Waals surface area contributed by atoms with Crippen molar-refractivity contribution in [1.29, 1.82) is 0 Å². The Labute approximate surface area is 97.8 Å². The van der Waals surface area contributed by atoms with Gasteiger partial charge in [-0.1, -0.05) is 20.3 Å². The summed E-state index contributed by atoms with van der Waals surface area (Å²) in [6.45, 7) is 3.95. The van der Waals surface area contributed by atoms with E-state index in [1.807, 2.05) is 13.8 Å². The standard InChI is InChI=1S/C12H14BrFO/c1-3-4-8(2)12(15)10-6-5-9(14)7-11(10)13/h5-8H,3-4H2,1-2H3. The van der Waals surface area contributed by atoms with Crippen molar-refractivity contribution in [2.45, 2.75) is 26.7 Å². The number of hydrogen-bond acceptors (Lipinski definition) is 1. The van der Waals surface area contributed by atoms with Crippen LogP contribution in [0.2, 0.25) is 0 Å². The van der Waals surface area contributed by atoms with Gasteiger partial charge in [-0.25, -0.2) is 4.39 Å². The van der Waals surface area contributed by atoms with Gasteiger partial charge in [0, 0.05) is 16.0 Å². The first-order valence-corrected chi connectivity index (χ1v) is 5.84. The molecule has 1 unspecified atom stereocenters. The molecular formula is C12H14BrFO. The van der Waals surface area contributed by atoms with Crippen LogP contribution in [0.5, 0.6) is 0 Å². The summed E-state index contributed by atoms with van der Waals surface area (Å²) in [4.78, 5) is 11.9. The molecule has 0 heterocycles. The Balaban J connectivity index is 2.91. The van der Waals surface area contributed by atoms with Gasteiger partial charge in [-0.3, -0.25) is 4.79 Å². The van der Waals surface area contributed by atoms with Gasteiger partial charge >= 0.3 is 0 Å². The van der Waals surface area contributed by atoms with E-state index < -0.39 is 0 Å². The smallest absolute Gasteiger partial charge is 0.166 e. The number of ketones is 1. The minimum atomic E-state index is -0.332. The molecule has 0 bridgehead atoms. The van der Waals surface area contributed by atoms with Crippen LogP contribution in [0.1, 0.15) is 37.0 Å². The minimum absolute atomic E-state index is 0.00300. The molecule has 1 nitrogen and oxygen atoms in total. The van der Waals surface area contributed by atoms with Gasteiger partial charge in [-0.05, 0) is 40.5 Å². The number of Topliss-reactive ketones (excluding diaryl/α,β-unsaturated/α-hetero) is 1. The van der Waals surface area contributed by atoms with Crippen molar-refractivity contribution in [3.8, 4) is 0 Å². The fourth-order valence-corrected chi connectivity index (χ4v) is 2.07. The zero-order valence-electron chi connectivity index (χ0n) is 8.89. The fraction of sp³-hybridized carbons (Fsp3) is 0.417. The molecule has 0 N–H and O–H groups in total. The fourth-order valence-electron chi connectivity index (χ4n) is 1.52. The lowest BCUT2D eigenvalue weighted by atomic mass is 9.95. The molecule has 0 saturated carbocycles. The molecule has 0 radical (unpaired) electrons. The second-order valence-electron chi connectivity index (χ2n) is 3.68. The third-order valence-corrected chi connectivity index (χ3v) is 3.02. The zero-order valence-corrected chi connectivity index (χ0v) is 10.5. The van der Waals surface area contributed by atoms with E-state index >= 15 is 0 Å². The molecule has 0 aromatic heterocycles. The summed E-state index contributed by atoms with van der Waals surface area (Å²) >= 11 is 3.21. The Kier molecular flexibility index (Phi) is 4.45. The van der Waals surface area contributed by atoms with E-state index in [0.717, 1.165) is 12.8 Å². The average Bonchev–Trinajstić information content (AvgIpc) is 2.17. The van der Waals surface area contributed by atoms with Gasteiger partial charge in [0.15, 0.2) is 5.78 Å². The topological polar surface area (TPSA) is 17.1 Å². The van der Waals surface area contributed by atoms with Crippen molar-refractivity contribution in [1.82, 2.24) is 0 Å². The van der Waals surface area contributed by atoms with Gasteiger partial charge in [-0.15, -0.1) is 0 Å². The van der Waals surface area contributed by atoms with Gasteiger partial charge < -0.3 is 0 Å². The van der Waals surface area contributed by atoms with Crippen molar-refractivity contribution in [2.75, 3.05) is 0 Å². The van der Waals surface area contributed by atoms with Crippen LogP contribution in [-0.2, 0) is 0 Å². The molecule has 0 fully saturated rings. The second-order valence-corrected chi connectivity index (χ2v) is 4.53. The van der Waals surface area contributed by atoms with E-state index in [-0.39, 0.29) is 17.5 Å². The molecule has 0 spiro atoms. The highest BCUT2D eigenvalue weighted by molar-refractivity contribution is 9.10. The summed E-state index contributed by atoms with van der Waals surface area (Å²) < 4.78 is 13.4. The van der Waals surface area contributed by atoms with E-state index in [1.54, 1.807) is 0 Å². The van der Waals surface area contributed by atoms with Crippen molar-refractivity contribution < 1.29 is 9.18 Å². The van der Waals surface area contributed by atoms with Crippen LogP contribution >= 0.6 is 15.9 Å². The van der Waals surface area contributed by atoms with Crippen molar-refractivity contribution in [3.05, 3.63) is 34.1 Å². The highest BCUT2D eigenvalue weighted by atomic mass is 79.9. The monoisotopic (exact) mass is 272 g/mol. The Morgan fingerprint density at radius 1 is 1.53 bits per heavy atom. The number of carbonyl (C=O) groups excluding carboxylic acids is 1. The predicted molar refractivity (Wildman–Crippen MR) is 62.5 cm³/mol. The number of rotatable bonds is 4. The number of hydrogen-bond donors (Lipinski definition) is 0. The lowest BCUT2D eigenvalue weighted by Gasteiger charge is -2.10. The SMILES string of the molecule is CCCC(C)C(=O)c1ccc(F)cc1Br. The van der Waals surface area contributed by atoms with E-state index in [9.17, 15) is 9.18 Å². The van der Waals surface area contributed by atoms with Crippen LogP contribution in [0.25, 0.3) is 0 Å². The van der Waals surface area contributed by atoms with Gasteiger partial charge in [0.2, 0.25) is 0 Å². The highest BCUT2D eigenvalue weighted by Crippen LogP contribution is 2.22. The van der Waals surface area contributed by atoms with Gasteiger partial charge in [0.05, 0.1) is 0 Å². The third-order valence-electron chi connectivity index (χ3n) is 2.37. The molecule has 0 amide bonds. The Bertz CT molecular complexity index is 363. The first-order chi connectivity index (χ1) is 7.06. The molecule has 1 atom stereocenters. The predicted octanol–water partition coefficient (Wildman–Crippen LogP) is 4.21. The number of benzene rings is 1. The van der Waals surface area contributed by atoms with Crippen LogP contribution in [0.4, 0.5) is 4.39 Å². The normalized spacial score (nSPS) is 12.5. The second kappa shape index (κ2) is 5.40. The summed E-state index contributed by atoms with van der Waals surface area (Å²) in [5, 5.41) is 0. The number of halogens is 2. The van der Waals surface area contributed by atoms with E-state index in [0.29, 0.717) is 10.0 Å². The maximum absolute atomic E-state index is 12.8. The van der Waals surface area contributed by atoms with Gasteiger partial charge in [-0.2, -0.15) is 0 Å². The van der Waals surface area contributed by atoms with Crippen LogP contribution in [-0.4, -0.2) is 5.78 Å². The summed E-state index contributed by atoms with van der Waals surface area (Å²) in [5.74, 6) is -0.262. The number of carbonyl (C=O) groups is 1. The summed E-state index contributed by atoms with van der Waals surface area (Å²) in [5.41, 5.74) is 0.567. The van der Waals surface area contributed by atoms with E-state index in [4.69, 9.17) is 0 Å². The molecule has 0 aliphatic rings. The maximum Gasteiger partial charge on any atom is 0.166 e. The van der Waals surface area contributed by atoms with Crippen LogP contribution in [0, 0.1) is 11.7 Å². The zero-order chi connectivity index (χ0) is 11.4. The van der Waals surface area contributed by atoms with Crippen LogP contribution in [0.15, 0.2) is 22.7 Å². The molecule has 1 rings (SSSR count). The molecule has 0 aliphatic heterocycles. The minimum Gasteiger partial charge on any atom is -0.294 e. The molecule has 3 heteroatoms. The third kappa shape index (κ3) is 3.13. The van der Waals surface area contributed by atoms with Crippen LogP contribution < -0.4 is 0 Å². The Morgan fingerprint density at radius 2 is 2.20 bits per heavy atom. The average molecular weight is 273 g/mol. The van der Waals surface area contributed by atoms with Crippen LogP contribution in [0.3, 0.4) is 0 Å². The first kappa shape index (κ1) is 12.4. The molecule has 0 aliphatic carbocycles. The van der Waals surface area contributed by atoms with E-state index in [2.05, 4.69) is 15.9 Å². The summed E-state index contributed by atoms with van der Waals surface area (Å²) in [6, 6.07) is 4.18. The lowest BCUT2D eigenvalue weighted by Crippen LogP contribution is -2.11. The van der Waals surface area contributed by atoms with Crippen molar-refractivity contribution in [2.24, 2.45) is 5.92 Å². The van der Waals surface area contributed by atoms with Gasteiger partial charge in [0.1, 0.15) is 5.82 Å². The summed E-state index contributed by atoms with van der Waals surface area (Å²) in [6.07, 6.45) is 1.84. The molecule has 82 valence electrons. The quantitative estimate of drug-likeness (QED) is 0.751. The summed E-state index contributed by atoms with van der Waals surface area (Å²) in [7, 11) is 0. The van der Waals surface area contributed by atoms with Crippen molar-refractivity contribution in [3.63, 3.8) is 0 Å². The molecule has 1 aromatic rings. The molecule has 0 saturated heterocycles. The first-order valence-electron chi connectivity index (χ1n) is 5.05. The van der Waals surface area contributed by atoms with E-state index in [1.165, 1.54) is 18.2 Å². The Morgan fingerprint density at radius 3 is 2.73 bits per heavy atom. The molecule has 15 heavy (non-hydrogen) atoms. The Hall–Kier alpha value is -0.700. The highest BCUT2D eigenvalue weighted by Gasteiger charge is 2.16. The van der Waals surface area contributed by atoms with Crippen molar-refractivity contribution >= 4 is 21.7 Å².